The summed E-state index contributed by atoms with van der Waals surface area (Å²) in [5.41, 5.74) is 0.819. The molecule has 0 aliphatic carbocycles. The van der Waals surface area contributed by atoms with Crippen LogP contribution in [0.3, 0.4) is 0 Å². The summed E-state index contributed by atoms with van der Waals surface area (Å²) in [6.45, 7) is 2.16. The Morgan fingerprint density at radius 2 is 1.63 bits per heavy atom. The molecule has 1 aliphatic heterocycles. The standard InChI is InChI=1S/C20H19F5N2O3/c21-15-3-6-18(17(22)11-15)29-13-19(28)27-9-7-26(8-10-27)12-14-1-4-16(5-2-14)30-20(23,24)25/h1-6,11H,7-10,12-13H2. The summed E-state index contributed by atoms with van der Waals surface area (Å²) >= 11 is 0. The molecule has 30 heavy (non-hydrogen) atoms. The summed E-state index contributed by atoms with van der Waals surface area (Å²) in [7, 11) is 0. The fraction of sp³-hybridized carbons (Fsp3) is 0.350. The largest absolute Gasteiger partial charge is 0.573 e. The molecule has 0 aromatic heterocycles. The van der Waals surface area contributed by atoms with Gasteiger partial charge in [-0.15, -0.1) is 13.2 Å². The molecule has 0 atom stereocenters. The zero-order chi connectivity index (χ0) is 21.7. The molecule has 2 aromatic rings. The van der Waals surface area contributed by atoms with Crippen LogP contribution in [0.25, 0.3) is 0 Å². The van der Waals surface area contributed by atoms with Gasteiger partial charge in [0, 0.05) is 38.8 Å². The van der Waals surface area contributed by atoms with Crippen LogP contribution in [0.2, 0.25) is 0 Å². The first-order valence-electron chi connectivity index (χ1n) is 9.12. The van der Waals surface area contributed by atoms with Crippen molar-refractivity contribution in [1.82, 2.24) is 9.80 Å². The van der Waals surface area contributed by atoms with Crippen molar-refractivity contribution in [2.45, 2.75) is 12.9 Å². The molecule has 3 rings (SSSR count). The number of alkyl halides is 3. The maximum atomic E-state index is 13.5. The Morgan fingerprint density at radius 1 is 0.967 bits per heavy atom. The highest BCUT2D eigenvalue weighted by molar-refractivity contribution is 5.77. The molecule has 1 aliphatic rings. The van der Waals surface area contributed by atoms with E-state index in [0.29, 0.717) is 38.8 Å². The number of rotatable bonds is 6. The van der Waals surface area contributed by atoms with Crippen molar-refractivity contribution in [3.05, 3.63) is 59.7 Å². The van der Waals surface area contributed by atoms with E-state index in [1.807, 2.05) is 0 Å². The van der Waals surface area contributed by atoms with Gasteiger partial charge in [0.1, 0.15) is 11.6 Å². The molecule has 1 fully saturated rings. The molecular weight excluding hydrogens is 411 g/mol. The Balaban J connectivity index is 1.43. The van der Waals surface area contributed by atoms with Crippen molar-refractivity contribution >= 4 is 5.91 Å². The van der Waals surface area contributed by atoms with Crippen molar-refractivity contribution < 1.29 is 36.2 Å². The molecule has 0 unspecified atom stereocenters. The van der Waals surface area contributed by atoms with E-state index in [0.717, 1.165) is 17.7 Å². The maximum absolute atomic E-state index is 13.5. The third-order valence-corrected chi connectivity index (χ3v) is 4.53. The summed E-state index contributed by atoms with van der Waals surface area (Å²) in [6.07, 6.45) is -4.73. The summed E-state index contributed by atoms with van der Waals surface area (Å²) in [5, 5.41) is 0. The van der Waals surface area contributed by atoms with Crippen molar-refractivity contribution in [3.63, 3.8) is 0 Å². The Bertz CT molecular complexity index is 866. The number of benzene rings is 2. The first-order chi connectivity index (χ1) is 14.2. The van der Waals surface area contributed by atoms with Gasteiger partial charge in [0.15, 0.2) is 18.2 Å². The number of ether oxygens (including phenoxy) is 2. The van der Waals surface area contributed by atoms with Crippen LogP contribution in [-0.4, -0.2) is 54.9 Å². The first kappa shape index (κ1) is 21.8. The minimum absolute atomic E-state index is 0.193. The van der Waals surface area contributed by atoms with E-state index >= 15 is 0 Å². The quantitative estimate of drug-likeness (QED) is 0.657. The van der Waals surface area contributed by atoms with Crippen LogP contribution in [0, 0.1) is 11.6 Å². The predicted octanol–water partition coefficient (Wildman–Crippen LogP) is 3.59. The number of amides is 1. The zero-order valence-electron chi connectivity index (χ0n) is 15.8. The topological polar surface area (TPSA) is 42.0 Å². The second kappa shape index (κ2) is 9.29. The first-order valence-corrected chi connectivity index (χ1v) is 9.12. The fourth-order valence-electron chi connectivity index (χ4n) is 3.03. The van der Waals surface area contributed by atoms with E-state index in [4.69, 9.17) is 4.74 Å². The number of nitrogens with zero attached hydrogens (tertiary/aromatic N) is 2. The molecular formula is C20H19F5N2O3. The third kappa shape index (κ3) is 6.31. The highest BCUT2D eigenvalue weighted by Gasteiger charge is 2.31. The molecule has 0 bridgehead atoms. The van der Waals surface area contributed by atoms with Crippen LogP contribution >= 0.6 is 0 Å². The summed E-state index contributed by atoms with van der Waals surface area (Å²) in [6, 6.07) is 8.49. The van der Waals surface area contributed by atoms with Crippen molar-refractivity contribution in [2.75, 3.05) is 32.8 Å². The van der Waals surface area contributed by atoms with Gasteiger partial charge in [-0.25, -0.2) is 8.78 Å². The Morgan fingerprint density at radius 3 is 2.23 bits per heavy atom. The lowest BCUT2D eigenvalue weighted by Gasteiger charge is -2.34. The number of carbonyl (C=O) groups is 1. The second-order valence-electron chi connectivity index (χ2n) is 6.71. The van der Waals surface area contributed by atoms with Crippen LogP contribution in [0.1, 0.15) is 5.56 Å². The average Bonchev–Trinajstić information content (AvgIpc) is 2.68. The van der Waals surface area contributed by atoms with Crippen LogP contribution in [0.4, 0.5) is 22.0 Å². The van der Waals surface area contributed by atoms with Crippen molar-refractivity contribution in [1.29, 1.82) is 0 Å². The molecule has 1 saturated heterocycles. The third-order valence-electron chi connectivity index (χ3n) is 4.53. The summed E-state index contributed by atoms with van der Waals surface area (Å²) in [5.74, 6) is -2.39. The minimum atomic E-state index is -4.73. The minimum Gasteiger partial charge on any atom is -0.481 e. The monoisotopic (exact) mass is 430 g/mol. The van der Waals surface area contributed by atoms with E-state index in [2.05, 4.69) is 9.64 Å². The van der Waals surface area contributed by atoms with Crippen LogP contribution in [-0.2, 0) is 11.3 Å². The van der Waals surface area contributed by atoms with E-state index in [1.165, 1.54) is 12.1 Å². The molecule has 1 amide bonds. The van der Waals surface area contributed by atoms with Crippen molar-refractivity contribution in [2.24, 2.45) is 0 Å². The molecule has 5 nitrogen and oxygen atoms in total. The van der Waals surface area contributed by atoms with Gasteiger partial charge < -0.3 is 14.4 Å². The molecule has 0 saturated carbocycles. The van der Waals surface area contributed by atoms with E-state index in [1.54, 1.807) is 17.0 Å². The molecule has 0 N–H and O–H groups in total. The van der Waals surface area contributed by atoms with Crippen LogP contribution < -0.4 is 9.47 Å². The molecule has 162 valence electrons. The molecule has 0 radical (unpaired) electrons. The van der Waals surface area contributed by atoms with Gasteiger partial charge >= 0.3 is 6.36 Å². The highest BCUT2D eigenvalue weighted by atomic mass is 19.4. The van der Waals surface area contributed by atoms with E-state index in [-0.39, 0.29) is 24.0 Å². The lowest BCUT2D eigenvalue weighted by molar-refractivity contribution is -0.274. The highest BCUT2D eigenvalue weighted by Crippen LogP contribution is 2.23. The van der Waals surface area contributed by atoms with E-state index < -0.39 is 18.0 Å². The summed E-state index contributed by atoms with van der Waals surface area (Å²) in [4.78, 5) is 15.9. The SMILES string of the molecule is O=C(COc1ccc(F)cc1F)N1CCN(Cc2ccc(OC(F)(F)F)cc2)CC1. The zero-order valence-corrected chi connectivity index (χ0v) is 15.8. The number of hydrogen-bond donors (Lipinski definition) is 0. The molecule has 1 heterocycles. The summed E-state index contributed by atoms with van der Waals surface area (Å²) < 4.78 is 72.0. The van der Waals surface area contributed by atoms with Crippen LogP contribution in [0.15, 0.2) is 42.5 Å². The number of carbonyl (C=O) groups excluding carboxylic acids is 1. The van der Waals surface area contributed by atoms with Gasteiger partial charge in [-0.3, -0.25) is 9.69 Å². The van der Waals surface area contributed by atoms with E-state index in [9.17, 15) is 26.7 Å². The van der Waals surface area contributed by atoms with Crippen LogP contribution in [0.5, 0.6) is 11.5 Å². The predicted molar refractivity (Wildman–Crippen MR) is 96.8 cm³/mol. The number of piperazine rings is 1. The Kier molecular flexibility index (Phi) is 6.76. The van der Waals surface area contributed by atoms with Gasteiger partial charge in [-0.2, -0.15) is 0 Å². The van der Waals surface area contributed by atoms with Gasteiger partial charge in [0.05, 0.1) is 0 Å². The van der Waals surface area contributed by atoms with Gasteiger partial charge in [0.2, 0.25) is 0 Å². The fourth-order valence-corrected chi connectivity index (χ4v) is 3.03. The Labute approximate surface area is 169 Å². The van der Waals surface area contributed by atoms with Gasteiger partial charge in [-0.05, 0) is 29.8 Å². The molecule has 2 aromatic carbocycles. The smallest absolute Gasteiger partial charge is 0.481 e. The maximum Gasteiger partial charge on any atom is 0.573 e. The number of hydrogen-bond acceptors (Lipinski definition) is 4. The second-order valence-corrected chi connectivity index (χ2v) is 6.71. The lowest BCUT2D eigenvalue weighted by atomic mass is 10.2. The van der Waals surface area contributed by atoms with Gasteiger partial charge in [0.25, 0.3) is 5.91 Å². The molecule has 0 spiro atoms. The van der Waals surface area contributed by atoms with Gasteiger partial charge in [-0.1, -0.05) is 12.1 Å². The van der Waals surface area contributed by atoms with Crippen molar-refractivity contribution in [3.8, 4) is 11.5 Å². The average molecular weight is 430 g/mol. The molecule has 10 heteroatoms. The Hall–Kier alpha value is -2.88. The lowest BCUT2D eigenvalue weighted by Crippen LogP contribution is -2.49. The number of halogens is 5. The normalized spacial score (nSPS) is 15.2.